The summed E-state index contributed by atoms with van der Waals surface area (Å²) in [5, 5.41) is 4.31. The largest absolute Gasteiger partial charge is 0.482 e. The van der Waals surface area contributed by atoms with E-state index in [9.17, 15) is 22.8 Å². The molecular formula is C32H34F3N3O4S. The second-order valence-corrected chi connectivity index (χ2v) is 11.1. The van der Waals surface area contributed by atoms with Crippen molar-refractivity contribution in [2.24, 2.45) is 0 Å². The Bertz CT molecular complexity index is 1600. The number of carbonyl (C=O) groups is 1. The number of hydrogen-bond donors (Lipinski definition) is 0. The van der Waals surface area contributed by atoms with Crippen molar-refractivity contribution < 1.29 is 27.4 Å². The molecule has 0 saturated heterocycles. The Labute approximate surface area is 252 Å². The van der Waals surface area contributed by atoms with Crippen LogP contribution >= 0.6 is 11.8 Å². The zero-order valence-corrected chi connectivity index (χ0v) is 25.3. The molecule has 228 valence electrons. The van der Waals surface area contributed by atoms with Gasteiger partial charge in [0, 0.05) is 11.4 Å². The van der Waals surface area contributed by atoms with Crippen LogP contribution in [0.25, 0.3) is 5.69 Å². The zero-order chi connectivity index (χ0) is 31.1. The first kappa shape index (κ1) is 31.9. The lowest BCUT2D eigenvalue weighted by molar-refractivity contribution is -0.145. The van der Waals surface area contributed by atoms with E-state index in [1.807, 2.05) is 63.2 Å². The Morgan fingerprint density at radius 3 is 2.33 bits per heavy atom. The van der Waals surface area contributed by atoms with Crippen molar-refractivity contribution in [1.82, 2.24) is 14.3 Å². The summed E-state index contributed by atoms with van der Waals surface area (Å²) >= 11 is 1.52. The van der Waals surface area contributed by atoms with Crippen molar-refractivity contribution in [3.05, 3.63) is 105 Å². The third kappa shape index (κ3) is 7.70. The van der Waals surface area contributed by atoms with E-state index in [4.69, 9.17) is 14.6 Å². The lowest BCUT2D eigenvalue weighted by Gasteiger charge is -2.20. The smallest absolute Gasteiger partial charge is 0.416 e. The van der Waals surface area contributed by atoms with Crippen LogP contribution in [0.5, 0.6) is 5.75 Å². The van der Waals surface area contributed by atoms with E-state index < -0.39 is 28.6 Å². The maximum Gasteiger partial charge on any atom is 0.416 e. The number of nitrogens with zero attached hydrogens (tertiary/aromatic N) is 3. The second kappa shape index (κ2) is 14.0. The molecule has 0 spiro atoms. The fraction of sp³-hybridized carbons (Fsp3) is 0.344. The Balaban J connectivity index is 1.77. The van der Waals surface area contributed by atoms with E-state index in [2.05, 4.69) is 0 Å². The van der Waals surface area contributed by atoms with Crippen molar-refractivity contribution in [2.75, 3.05) is 13.2 Å². The first-order chi connectivity index (χ1) is 20.5. The quantitative estimate of drug-likeness (QED) is 0.123. The number of aryl methyl sites for hydroxylation is 2. The Kier molecular flexibility index (Phi) is 10.4. The maximum absolute atomic E-state index is 13.7. The monoisotopic (exact) mass is 613 g/mol. The fourth-order valence-corrected chi connectivity index (χ4v) is 5.82. The molecule has 4 aromatic rings. The summed E-state index contributed by atoms with van der Waals surface area (Å²) in [6, 6.07) is 17.9. The molecule has 0 aliphatic rings. The van der Waals surface area contributed by atoms with E-state index >= 15 is 0 Å². The van der Waals surface area contributed by atoms with Gasteiger partial charge in [-0.25, -0.2) is 9.59 Å². The van der Waals surface area contributed by atoms with Crippen molar-refractivity contribution in [3.63, 3.8) is 0 Å². The lowest BCUT2D eigenvalue weighted by atomic mass is 10.1. The van der Waals surface area contributed by atoms with Gasteiger partial charge < -0.3 is 9.47 Å². The summed E-state index contributed by atoms with van der Waals surface area (Å²) in [5.41, 5.74) is 1.67. The molecule has 0 aliphatic heterocycles. The van der Waals surface area contributed by atoms with E-state index in [-0.39, 0.29) is 18.9 Å². The van der Waals surface area contributed by atoms with Crippen LogP contribution in [0.3, 0.4) is 0 Å². The molecule has 0 radical (unpaired) electrons. The second-order valence-electron chi connectivity index (χ2n) is 9.99. The van der Waals surface area contributed by atoms with Gasteiger partial charge in [0.25, 0.3) is 0 Å². The summed E-state index contributed by atoms with van der Waals surface area (Å²) in [5.74, 6) is 0.614. The highest BCUT2D eigenvalue weighted by molar-refractivity contribution is 7.99. The third-order valence-corrected chi connectivity index (χ3v) is 8.18. The highest BCUT2D eigenvalue weighted by Gasteiger charge is 2.31. The number of aromatic nitrogens is 3. The van der Waals surface area contributed by atoms with Gasteiger partial charge in [0.1, 0.15) is 5.75 Å². The summed E-state index contributed by atoms with van der Waals surface area (Å²) in [4.78, 5) is 26.4. The highest BCUT2D eigenvalue weighted by Crippen LogP contribution is 2.42. The molecule has 0 N–H and O–H groups in total. The molecule has 1 aromatic heterocycles. The van der Waals surface area contributed by atoms with Crippen molar-refractivity contribution >= 4 is 17.7 Å². The van der Waals surface area contributed by atoms with Crippen LogP contribution in [0.4, 0.5) is 13.2 Å². The number of carbonyl (C=O) groups excluding carboxylic acids is 1. The van der Waals surface area contributed by atoms with E-state index in [0.29, 0.717) is 18.1 Å². The molecule has 43 heavy (non-hydrogen) atoms. The molecule has 0 aliphatic carbocycles. The molecule has 11 heteroatoms. The number of rotatable bonds is 12. The van der Waals surface area contributed by atoms with E-state index in [0.717, 1.165) is 46.6 Å². The van der Waals surface area contributed by atoms with Gasteiger partial charge in [-0.15, -0.1) is 16.9 Å². The number of benzene rings is 3. The number of esters is 1. The average molecular weight is 614 g/mol. The molecule has 3 aromatic carbocycles. The molecule has 0 bridgehead atoms. The number of halogens is 3. The zero-order valence-electron chi connectivity index (χ0n) is 24.5. The minimum absolute atomic E-state index is 0.196. The normalized spacial score (nSPS) is 12.3. The summed E-state index contributed by atoms with van der Waals surface area (Å²) < 4.78 is 53.0. The first-order valence-electron chi connectivity index (χ1n) is 14.0. The minimum Gasteiger partial charge on any atom is -0.482 e. The van der Waals surface area contributed by atoms with Gasteiger partial charge in [-0.3, -0.25) is 4.57 Å². The lowest BCUT2D eigenvalue weighted by Crippen LogP contribution is -2.25. The number of unbranched alkanes of at least 4 members (excludes halogenated alkanes) is 1. The number of hydrogen-bond acceptors (Lipinski definition) is 6. The van der Waals surface area contributed by atoms with Gasteiger partial charge in [-0.05, 0) is 80.3 Å². The summed E-state index contributed by atoms with van der Waals surface area (Å²) in [6.07, 6.45) is -2.92. The molecule has 1 unspecified atom stereocenters. The van der Waals surface area contributed by atoms with E-state index in [1.165, 1.54) is 28.6 Å². The fourth-order valence-electron chi connectivity index (χ4n) is 4.50. The Morgan fingerprint density at radius 1 is 1.00 bits per heavy atom. The molecule has 4 rings (SSSR count). The topological polar surface area (TPSA) is 75.3 Å². The molecule has 0 amide bonds. The standard InChI is InChI=1S/C32H34F3N3O4S/c1-5-7-17-37-30(36-38(31(37)40)25-15-13-24(14-16-25)32(33,34)35)29(23-11-9-8-10-12-23)43-27-19-21(3)26(18-22(27)4)42-20-28(39)41-6-2/h8-16,18-19,29H,5-7,17,20H2,1-4H3. The molecule has 7 nitrogen and oxygen atoms in total. The van der Waals surface area contributed by atoms with Gasteiger partial charge in [0.15, 0.2) is 12.4 Å². The average Bonchev–Trinajstić information content (AvgIpc) is 3.31. The Morgan fingerprint density at radius 2 is 1.70 bits per heavy atom. The van der Waals surface area contributed by atoms with Gasteiger partial charge >= 0.3 is 17.8 Å². The minimum atomic E-state index is -4.49. The van der Waals surface area contributed by atoms with Crippen molar-refractivity contribution in [2.45, 2.75) is 63.4 Å². The van der Waals surface area contributed by atoms with E-state index in [1.54, 1.807) is 11.5 Å². The van der Waals surface area contributed by atoms with Gasteiger partial charge in [0.2, 0.25) is 0 Å². The molecular weight excluding hydrogens is 579 g/mol. The van der Waals surface area contributed by atoms with Crippen LogP contribution in [-0.4, -0.2) is 33.5 Å². The predicted octanol–water partition coefficient (Wildman–Crippen LogP) is 7.29. The third-order valence-electron chi connectivity index (χ3n) is 6.77. The molecule has 1 atom stereocenters. The SMILES string of the molecule is CCCCn1c(C(Sc2cc(C)c(OCC(=O)OCC)cc2C)c2ccccc2)nn(-c2ccc(C(F)(F)F)cc2)c1=O. The summed E-state index contributed by atoms with van der Waals surface area (Å²) in [6.45, 7) is 8.06. The maximum atomic E-state index is 13.7. The Hall–Kier alpha value is -3.99. The number of alkyl halides is 3. The summed E-state index contributed by atoms with van der Waals surface area (Å²) in [7, 11) is 0. The number of thioether (sulfide) groups is 1. The van der Waals surface area contributed by atoms with Gasteiger partial charge in [-0.1, -0.05) is 43.7 Å². The molecule has 0 saturated carbocycles. The van der Waals surface area contributed by atoms with Gasteiger partial charge in [-0.2, -0.15) is 17.9 Å². The van der Waals surface area contributed by atoms with Crippen LogP contribution in [0.1, 0.15) is 60.0 Å². The van der Waals surface area contributed by atoms with Crippen LogP contribution in [-0.2, 0) is 22.3 Å². The molecule has 1 heterocycles. The predicted molar refractivity (Wildman–Crippen MR) is 160 cm³/mol. The van der Waals surface area contributed by atoms with Gasteiger partial charge in [0.05, 0.1) is 23.1 Å². The van der Waals surface area contributed by atoms with Crippen molar-refractivity contribution in [1.29, 1.82) is 0 Å². The van der Waals surface area contributed by atoms with Crippen LogP contribution in [0.2, 0.25) is 0 Å². The molecule has 0 fully saturated rings. The van der Waals surface area contributed by atoms with Crippen LogP contribution in [0, 0.1) is 13.8 Å². The van der Waals surface area contributed by atoms with Crippen molar-refractivity contribution in [3.8, 4) is 11.4 Å². The number of ether oxygens (including phenoxy) is 2. The first-order valence-corrected chi connectivity index (χ1v) is 14.9. The highest BCUT2D eigenvalue weighted by atomic mass is 32.2. The van der Waals surface area contributed by atoms with Crippen LogP contribution in [0.15, 0.2) is 76.4 Å². The van der Waals surface area contributed by atoms with Crippen LogP contribution < -0.4 is 10.4 Å².